The summed E-state index contributed by atoms with van der Waals surface area (Å²) in [6.07, 6.45) is 10.5. The Bertz CT molecular complexity index is 476. The quantitative estimate of drug-likeness (QED) is 0.573. The van der Waals surface area contributed by atoms with Crippen LogP contribution in [0, 0.1) is 11.8 Å². The Morgan fingerprint density at radius 2 is 1.73 bits per heavy atom. The number of fused-ring (bicyclic) bond motifs is 2. The molecule has 5 nitrogen and oxygen atoms in total. The van der Waals surface area contributed by atoms with Gasteiger partial charge < -0.3 is 4.74 Å². The fraction of sp³-hybridized carbons (Fsp3) is 0.765. The lowest BCUT2D eigenvalue weighted by atomic mass is 9.85. The summed E-state index contributed by atoms with van der Waals surface area (Å²) in [6, 6.07) is 0.379. The van der Waals surface area contributed by atoms with Crippen molar-refractivity contribution in [2.24, 2.45) is 11.8 Å². The summed E-state index contributed by atoms with van der Waals surface area (Å²) in [6.45, 7) is 2.01. The summed E-state index contributed by atoms with van der Waals surface area (Å²) in [7, 11) is 0. The Balaban J connectivity index is 1.48. The molecule has 2 saturated heterocycles. The number of amides is 2. The average Bonchev–Trinajstić information content (AvgIpc) is 2.81. The molecule has 4 atom stereocenters. The normalized spacial score (nSPS) is 39.0. The van der Waals surface area contributed by atoms with E-state index in [2.05, 4.69) is 4.90 Å². The van der Waals surface area contributed by atoms with Gasteiger partial charge in [0.1, 0.15) is 0 Å². The highest BCUT2D eigenvalue weighted by molar-refractivity contribution is 6.05. The molecule has 1 saturated carbocycles. The maximum atomic E-state index is 12.6. The van der Waals surface area contributed by atoms with Gasteiger partial charge in [-0.2, -0.15) is 0 Å². The van der Waals surface area contributed by atoms with Crippen LogP contribution in [-0.4, -0.2) is 53.6 Å². The number of nitrogens with zero attached hydrogens (tertiary/aromatic N) is 2. The summed E-state index contributed by atoms with van der Waals surface area (Å²) in [5.41, 5.74) is 0. The summed E-state index contributed by atoms with van der Waals surface area (Å²) in [4.78, 5) is 29.0. The molecule has 0 bridgehead atoms. The van der Waals surface area contributed by atoms with E-state index in [9.17, 15) is 9.59 Å². The van der Waals surface area contributed by atoms with E-state index in [4.69, 9.17) is 4.74 Å². The second-order valence-corrected chi connectivity index (χ2v) is 6.98. The molecule has 0 aromatic carbocycles. The van der Waals surface area contributed by atoms with Gasteiger partial charge in [-0.25, -0.2) is 0 Å². The Morgan fingerprint density at radius 3 is 2.45 bits per heavy atom. The van der Waals surface area contributed by atoms with E-state index in [1.807, 2.05) is 12.2 Å². The van der Waals surface area contributed by atoms with Crippen LogP contribution >= 0.6 is 0 Å². The number of carbonyl (C=O) groups excluding carboxylic acids is 2. The number of likely N-dealkylation sites (tertiary alicyclic amines) is 1. The van der Waals surface area contributed by atoms with Gasteiger partial charge in [0, 0.05) is 12.6 Å². The van der Waals surface area contributed by atoms with Crippen molar-refractivity contribution in [1.29, 1.82) is 0 Å². The Labute approximate surface area is 131 Å². The average molecular weight is 304 g/mol. The molecule has 4 aliphatic rings. The molecule has 2 aliphatic heterocycles. The molecule has 22 heavy (non-hydrogen) atoms. The molecule has 0 spiro atoms. The van der Waals surface area contributed by atoms with Gasteiger partial charge >= 0.3 is 0 Å². The maximum absolute atomic E-state index is 12.6. The van der Waals surface area contributed by atoms with Crippen LogP contribution in [0.3, 0.4) is 0 Å². The third-order valence-electron chi connectivity index (χ3n) is 5.77. The number of hydrogen-bond donors (Lipinski definition) is 0. The molecule has 0 unspecified atom stereocenters. The van der Waals surface area contributed by atoms with Gasteiger partial charge in [0.25, 0.3) is 0 Å². The molecule has 0 N–H and O–H groups in total. The van der Waals surface area contributed by atoms with Crippen molar-refractivity contribution in [3.05, 3.63) is 12.2 Å². The number of ether oxygens (including phenoxy) is 1. The zero-order valence-electron chi connectivity index (χ0n) is 12.9. The number of rotatable bonds is 2. The molecule has 2 aliphatic carbocycles. The number of morpholine rings is 1. The number of imide groups is 1. The predicted molar refractivity (Wildman–Crippen MR) is 80.8 cm³/mol. The van der Waals surface area contributed by atoms with E-state index in [0.29, 0.717) is 25.4 Å². The molecular weight excluding hydrogens is 280 g/mol. The molecule has 2 heterocycles. The molecule has 4 rings (SSSR count). The zero-order chi connectivity index (χ0) is 15.1. The van der Waals surface area contributed by atoms with Gasteiger partial charge in [0.15, 0.2) is 0 Å². The van der Waals surface area contributed by atoms with Gasteiger partial charge in [0.05, 0.1) is 31.2 Å². The Kier molecular flexibility index (Phi) is 3.78. The molecule has 0 radical (unpaired) electrons. The minimum atomic E-state index is -0.110. The van der Waals surface area contributed by atoms with Crippen molar-refractivity contribution < 1.29 is 14.3 Å². The topological polar surface area (TPSA) is 49.9 Å². The highest BCUT2D eigenvalue weighted by Crippen LogP contribution is 2.36. The van der Waals surface area contributed by atoms with Crippen LogP contribution in [0.2, 0.25) is 0 Å². The second kappa shape index (κ2) is 5.78. The first kappa shape index (κ1) is 14.4. The first-order valence-electron chi connectivity index (χ1n) is 8.61. The van der Waals surface area contributed by atoms with Gasteiger partial charge in [-0.1, -0.05) is 25.0 Å². The van der Waals surface area contributed by atoms with E-state index in [1.54, 1.807) is 0 Å². The fourth-order valence-corrected chi connectivity index (χ4v) is 4.54. The van der Waals surface area contributed by atoms with E-state index in [-0.39, 0.29) is 23.7 Å². The van der Waals surface area contributed by atoms with Crippen molar-refractivity contribution >= 4 is 11.8 Å². The molecule has 2 amide bonds. The van der Waals surface area contributed by atoms with Crippen LogP contribution in [0.25, 0.3) is 0 Å². The summed E-state index contributed by atoms with van der Waals surface area (Å²) >= 11 is 0. The van der Waals surface area contributed by atoms with Crippen molar-refractivity contribution in [2.45, 2.75) is 50.7 Å². The smallest absolute Gasteiger partial charge is 0.234 e. The van der Waals surface area contributed by atoms with Crippen LogP contribution < -0.4 is 0 Å². The van der Waals surface area contributed by atoms with E-state index in [0.717, 1.165) is 32.2 Å². The van der Waals surface area contributed by atoms with Crippen LogP contribution in [0.4, 0.5) is 0 Å². The zero-order valence-corrected chi connectivity index (χ0v) is 12.9. The highest BCUT2D eigenvalue weighted by atomic mass is 16.5. The first-order chi connectivity index (χ1) is 10.8. The highest BCUT2D eigenvalue weighted by Gasteiger charge is 2.48. The summed E-state index contributed by atoms with van der Waals surface area (Å²) in [5.74, 6) is -0.141. The minimum absolute atomic E-state index is 0.0400. The third kappa shape index (κ3) is 2.31. The molecule has 120 valence electrons. The lowest BCUT2D eigenvalue weighted by Crippen LogP contribution is -2.56. The number of allylic oxidation sites excluding steroid dienone is 2. The largest absolute Gasteiger partial charge is 0.375 e. The van der Waals surface area contributed by atoms with E-state index >= 15 is 0 Å². The lowest BCUT2D eigenvalue weighted by Gasteiger charge is -2.44. The van der Waals surface area contributed by atoms with Gasteiger partial charge in [0.2, 0.25) is 11.8 Å². The van der Waals surface area contributed by atoms with Crippen LogP contribution in [0.15, 0.2) is 12.2 Å². The van der Waals surface area contributed by atoms with Gasteiger partial charge in [-0.15, -0.1) is 0 Å². The number of hydrogen-bond acceptors (Lipinski definition) is 4. The Morgan fingerprint density at radius 1 is 1.05 bits per heavy atom. The lowest BCUT2D eigenvalue weighted by molar-refractivity contribution is -0.148. The molecule has 3 fully saturated rings. The van der Waals surface area contributed by atoms with E-state index in [1.165, 1.54) is 17.7 Å². The van der Waals surface area contributed by atoms with Crippen molar-refractivity contribution in [3.63, 3.8) is 0 Å². The minimum Gasteiger partial charge on any atom is -0.375 e. The number of carbonyl (C=O) groups is 2. The summed E-state index contributed by atoms with van der Waals surface area (Å²) < 4.78 is 5.88. The van der Waals surface area contributed by atoms with Gasteiger partial charge in [-0.05, 0) is 25.7 Å². The summed E-state index contributed by atoms with van der Waals surface area (Å²) in [5, 5.41) is 0. The van der Waals surface area contributed by atoms with Gasteiger partial charge in [-0.3, -0.25) is 19.4 Å². The predicted octanol–water partition coefficient (Wildman–Crippen LogP) is 1.54. The SMILES string of the molecule is O=C1[C@H]2CC=CC[C@H]2C(=O)N1CN1CCO[C@H]2CCCC[C@@H]21. The van der Waals surface area contributed by atoms with Crippen molar-refractivity contribution in [1.82, 2.24) is 9.80 Å². The maximum Gasteiger partial charge on any atom is 0.234 e. The van der Waals surface area contributed by atoms with Crippen LogP contribution in [0.5, 0.6) is 0 Å². The van der Waals surface area contributed by atoms with Crippen molar-refractivity contribution in [2.75, 3.05) is 19.8 Å². The van der Waals surface area contributed by atoms with E-state index < -0.39 is 0 Å². The fourth-order valence-electron chi connectivity index (χ4n) is 4.54. The third-order valence-corrected chi connectivity index (χ3v) is 5.77. The first-order valence-corrected chi connectivity index (χ1v) is 8.61. The standard InChI is InChI=1S/C17H24N2O3/c20-16-12-5-1-2-6-13(12)17(21)19(16)11-18-9-10-22-15-8-4-3-7-14(15)18/h1-2,12-15H,3-11H2/t12-,13+,14-,15-/m0/s1. The molecule has 5 heteroatoms. The van der Waals surface area contributed by atoms with Crippen LogP contribution in [0.1, 0.15) is 38.5 Å². The Hall–Kier alpha value is -1.20. The molecular formula is C17H24N2O3. The molecule has 0 aromatic heterocycles. The van der Waals surface area contributed by atoms with Crippen molar-refractivity contribution in [3.8, 4) is 0 Å². The second-order valence-electron chi connectivity index (χ2n) is 6.98. The monoisotopic (exact) mass is 304 g/mol. The van der Waals surface area contributed by atoms with Crippen LogP contribution in [-0.2, 0) is 14.3 Å². The molecule has 0 aromatic rings.